The van der Waals surface area contributed by atoms with Crippen molar-refractivity contribution < 1.29 is 4.74 Å². The number of hydrogen-bond donors (Lipinski definition) is 1. The van der Waals surface area contributed by atoms with Crippen LogP contribution in [-0.4, -0.2) is 13.2 Å². The van der Waals surface area contributed by atoms with Gasteiger partial charge in [-0.1, -0.05) is 46.3 Å². The highest BCUT2D eigenvalue weighted by Crippen LogP contribution is 2.16. The van der Waals surface area contributed by atoms with Gasteiger partial charge >= 0.3 is 0 Å². The van der Waals surface area contributed by atoms with Crippen LogP contribution in [0.25, 0.3) is 0 Å². The molecule has 1 N–H and O–H groups in total. The van der Waals surface area contributed by atoms with Gasteiger partial charge in [0.2, 0.25) is 0 Å². The second kappa shape index (κ2) is 7.31. The molecule has 0 unspecified atom stereocenters. The first-order valence-electron chi connectivity index (χ1n) is 6.42. The van der Waals surface area contributed by atoms with Gasteiger partial charge in [0, 0.05) is 17.1 Å². The molecule has 0 fully saturated rings. The highest BCUT2D eigenvalue weighted by molar-refractivity contribution is 9.10. The number of benzene rings is 2. The maximum absolute atomic E-state index is 5.66. The fourth-order valence-electron chi connectivity index (χ4n) is 1.83. The largest absolute Gasteiger partial charge is 0.492 e. The first-order chi connectivity index (χ1) is 9.25. The zero-order valence-corrected chi connectivity index (χ0v) is 12.6. The fourth-order valence-corrected chi connectivity index (χ4v) is 2.10. The molecule has 0 spiro atoms. The molecule has 0 aliphatic carbocycles. The van der Waals surface area contributed by atoms with E-state index in [4.69, 9.17) is 4.74 Å². The Bertz CT molecular complexity index is 484. The zero-order chi connectivity index (χ0) is 13.5. The molecule has 100 valence electrons. The molecule has 0 aliphatic rings. The third kappa shape index (κ3) is 4.69. The van der Waals surface area contributed by atoms with Gasteiger partial charge in [-0.3, -0.25) is 0 Å². The van der Waals surface area contributed by atoms with Crippen molar-refractivity contribution in [3.63, 3.8) is 0 Å². The molecular formula is C16H18BrNO. The van der Waals surface area contributed by atoms with Crippen molar-refractivity contribution in [3.05, 3.63) is 64.6 Å². The quantitative estimate of drug-likeness (QED) is 0.806. The van der Waals surface area contributed by atoms with Crippen LogP contribution in [0.2, 0.25) is 0 Å². The summed E-state index contributed by atoms with van der Waals surface area (Å²) < 4.78 is 6.73. The van der Waals surface area contributed by atoms with E-state index in [0.29, 0.717) is 12.6 Å². The Labute approximate surface area is 122 Å². The van der Waals surface area contributed by atoms with Crippen LogP contribution >= 0.6 is 15.9 Å². The third-order valence-corrected chi connectivity index (χ3v) is 3.46. The number of rotatable bonds is 6. The molecule has 0 heterocycles. The Hall–Kier alpha value is -1.32. The van der Waals surface area contributed by atoms with E-state index in [1.54, 1.807) is 0 Å². The summed E-state index contributed by atoms with van der Waals surface area (Å²) in [7, 11) is 0. The normalized spacial score (nSPS) is 12.1. The van der Waals surface area contributed by atoms with Crippen molar-refractivity contribution in [2.24, 2.45) is 0 Å². The average Bonchev–Trinajstić information content (AvgIpc) is 2.46. The van der Waals surface area contributed by atoms with Crippen molar-refractivity contribution in [2.75, 3.05) is 13.2 Å². The average molecular weight is 320 g/mol. The minimum absolute atomic E-state index is 0.342. The molecule has 19 heavy (non-hydrogen) atoms. The van der Waals surface area contributed by atoms with Crippen LogP contribution in [0.3, 0.4) is 0 Å². The van der Waals surface area contributed by atoms with Gasteiger partial charge in [-0.05, 0) is 36.8 Å². The molecule has 0 saturated heterocycles. The van der Waals surface area contributed by atoms with E-state index in [0.717, 1.165) is 16.8 Å². The van der Waals surface area contributed by atoms with E-state index in [2.05, 4.69) is 52.4 Å². The predicted octanol–water partition coefficient (Wildman–Crippen LogP) is 4.18. The summed E-state index contributed by atoms with van der Waals surface area (Å²) in [5.74, 6) is 0.900. The molecule has 2 nitrogen and oxygen atoms in total. The van der Waals surface area contributed by atoms with Crippen LogP contribution in [0.4, 0.5) is 0 Å². The van der Waals surface area contributed by atoms with Crippen molar-refractivity contribution in [1.82, 2.24) is 5.32 Å². The fraction of sp³-hybridized carbons (Fsp3) is 0.250. The Morgan fingerprint density at radius 3 is 2.42 bits per heavy atom. The van der Waals surface area contributed by atoms with E-state index in [-0.39, 0.29) is 0 Å². The minimum Gasteiger partial charge on any atom is -0.492 e. The van der Waals surface area contributed by atoms with Crippen molar-refractivity contribution in [3.8, 4) is 5.75 Å². The maximum atomic E-state index is 5.66. The second-order valence-corrected chi connectivity index (χ2v) is 5.30. The summed E-state index contributed by atoms with van der Waals surface area (Å²) >= 11 is 3.40. The smallest absolute Gasteiger partial charge is 0.119 e. The van der Waals surface area contributed by atoms with Crippen LogP contribution in [0.1, 0.15) is 18.5 Å². The van der Waals surface area contributed by atoms with Gasteiger partial charge in [-0.2, -0.15) is 0 Å². The monoisotopic (exact) mass is 319 g/mol. The summed E-state index contributed by atoms with van der Waals surface area (Å²) in [5.41, 5.74) is 1.30. The molecule has 2 rings (SSSR count). The minimum atomic E-state index is 0.342. The number of ether oxygens (including phenoxy) is 1. The molecule has 0 radical (unpaired) electrons. The summed E-state index contributed by atoms with van der Waals surface area (Å²) in [6.45, 7) is 3.65. The summed E-state index contributed by atoms with van der Waals surface area (Å²) in [4.78, 5) is 0. The molecule has 1 atom stereocenters. The van der Waals surface area contributed by atoms with Crippen molar-refractivity contribution >= 4 is 15.9 Å². The van der Waals surface area contributed by atoms with E-state index in [1.165, 1.54) is 5.56 Å². The number of hydrogen-bond acceptors (Lipinski definition) is 2. The van der Waals surface area contributed by atoms with Crippen LogP contribution in [0, 0.1) is 0 Å². The Kier molecular flexibility index (Phi) is 5.43. The molecule has 0 saturated carbocycles. The first-order valence-corrected chi connectivity index (χ1v) is 7.22. The van der Waals surface area contributed by atoms with E-state index >= 15 is 0 Å². The van der Waals surface area contributed by atoms with Gasteiger partial charge in [0.15, 0.2) is 0 Å². The van der Waals surface area contributed by atoms with Crippen molar-refractivity contribution in [1.29, 1.82) is 0 Å². The molecule has 0 amide bonds. The zero-order valence-electron chi connectivity index (χ0n) is 11.0. The Morgan fingerprint density at radius 1 is 1.05 bits per heavy atom. The highest BCUT2D eigenvalue weighted by atomic mass is 79.9. The number of nitrogens with one attached hydrogen (secondary N) is 1. The summed E-state index contributed by atoms with van der Waals surface area (Å²) in [6, 6.07) is 18.7. The van der Waals surface area contributed by atoms with Crippen LogP contribution in [0.15, 0.2) is 59.1 Å². The molecule has 0 aromatic heterocycles. The number of halogens is 1. The van der Waals surface area contributed by atoms with Crippen LogP contribution < -0.4 is 10.1 Å². The lowest BCUT2D eigenvalue weighted by atomic mass is 10.1. The maximum Gasteiger partial charge on any atom is 0.119 e. The van der Waals surface area contributed by atoms with Gasteiger partial charge in [0.1, 0.15) is 12.4 Å². The molecule has 2 aromatic carbocycles. The van der Waals surface area contributed by atoms with Gasteiger partial charge in [0.25, 0.3) is 0 Å². The molecule has 2 aromatic rings. The predicted molar refractivity (Wildman–Crippen MR) is 82.5 cm³/mol. The lowest BCUT2D eigenvalue weighted by molar-refractivity contribution is 0.307. The molecule has 3 heteroatoms. The van der Waals surface area contributed by atoms with Crippen LogP contribution in [0.5, 0.6) is 5.75 Å². The van der Waals surface area contributed by atoms with E-state index in [1.807, 2.05) is 30.3 Å². The van der Waals surface area contributed by atoms with E-state index in [9.17, 15) is 0 Å². The van der Waals surface area contributed by atoms with Crippen molar-refractivity contribution in [2.45, 2.75) is 13.0 Å². The third-order valence-electron chi connectivity index (χ3n) is 2.93. The molecule has 0 aliphatic heterocycles. The SMILES string of the molecule is C[C@@H](NCCOc1ccc(Br)cc1)c1ccccc1. The summed E-state index contributed by atoms with van der Waals surface area (Å²) in [5, 5.41) is 3.45. The Morgan fingerprint density at radius 2 is 1.74 bits per heavy atom. The standard InChI is InChI=1S/C16H18BrNO/c1-13(14-5-3-2-4-6-14)18-11-12-19-16-9-7-15(17)8-10-16/h2-10,13,18H,11-12H2,1H3/t13-/m1/s1. The second-order valence-electron chi connectivity index (χ2n) is 4.39. The first kappa shape index (κ1) is 14.1. The summed E-state index contributed by atoms with van der Waals surface area (Å²) in [6.07, 6.45) is 0. The molecule has 0 bridgehead atoms. The van der Waals surface area contributed by atoms with Gasteiger partial charge < -0.3 is 10.1 Å². The highest BCUT2D eigenvalue weighted by Gasteiger charge is 2.02. The lowest BCUT2D eigenvalue weighted by Crippen LogP contribution is -2.24. The molecular weight excluding hydrogens is 302 g/mol. The van der Waals surface area contributed by atoms with Gasteiger partial charge in [-0.25, -0.2) is 0 Å². The van der Waals surface area contributed by atoms with Gasteiger partial charge in [-0.15, -0.1) is 0 Å². The topological polar surface area (TPSA) is 21.3 Å². The van der Waals surface area contributed by atoms with Crippen LogP contribution in [-0.2, 0) is 0 Å². The lowest BCUT2D eigenvalue weighted by Gasteiger charge is -2.14. The van der Waals surface area contributed by atoms with Gasteiger partial charge in [0.05, 0.1) is 0 Å². The van der Waals surface area contributed by atoms with E-state index < -0.39 is 0 Å². The Balaban J connectivity index is 1.71.